The van der Waals surface area contributed by atoms with E-state index in [-0.39, 0.29) is 11.9 Å². The molecule has 2 aromatic heterocycles. The van der Waals surface area contributed by atoms with E-state index in [0.717, 1.165) is 15.4 Å². The molecule has 1 aromatic carbocycles. The molecule has 0 aliphatic rings. The van der Waals surface area contributed by atoms with Gasteiger partial charge in [0.25, 0.3) is 5.91 Å². The van der Waals surface area contributed by atoms with E-state index < -0.39 is 0 Å². The largest absolute Gasteiger partial charge is 0.451 e. The highest BCUT2D eigenvalue weighted by Gasteiger charge is 2.20. The first-order valence-corrected chi connectivity index (χ1v) is 7.20. The van der Waals surface area contributed by atoms with Crippen LogP contribution in [0.15, 0.2) is 33.4 Å². The number of carbonyl (C=O) groups is 1. The van der Waals surface area contributed by atoms with Crippen molar-refractivity contribution in [1.29, 1.82) is 0 Å². The molecule has 2 heterocycles. The number of nitrogens with one attached hydrogen (secondary N) is 2. The Morgan fingerprint density at radius 3 is 3.00 bits per heavy atom. The molecule has 0 aliphatic heterocycles. The molecule has 2 N–H and O–H groups in total. The lowest BCUT2D eigenvalue weighted by molar-refractivity contribution is 0.0911. The van der Waals surface area contributed by atoms with Crippen molar-refractivity contribution in [3.8, 4) is 0 Å². The fourth-order valence-electron chi connectivity index (χ4n) is 2.16. The molecule has 0 saturated heterocycles. The fraction of sp³-hybridized carbons (Fsp3) is 0.214. The minimum absolute atomic E-state index is 0.274. The van der Waals surface area contributed by atoms with Gasteiger partial charge >= 0.3 is 0 Å². The van der Waals surface area contributed by atoms with E-state index in [2.05, 4.69) is 36.4 Å². The maximum atomic E-state index is 12.3. The molecule has 7 heteroatoms. The summed E-state index contributed by atoms with van der Waals surface area (Å²) in [4.78, 5) is 16.4. The number of carbonyl (C=O) groups excluding carboxylic acids is 1. The summed E-state index contributed by atoms with van der Waals surface area (Å²) in [7, 11) is 0. The lowest BCUT2D eigenvalue weighted by Gasteiger charge is -2.09. The van der Waals surface area contributed by atoms with E-state index in [1.54, 1.807) is 0 Å². The van der Waals surface area contributed by atoms with Crippen LogP contribution in [0.25, 0.3) is 11.0 Å². The summed E-state index contributed by atoms with van der Waals surface area (Å²) in [6.45, 7) is 3.69. The summed E-state index contributed by atoms with van der Waals surface area (Å²) < 4.78 is 6.60. The first kappa shape index (κ1) is 13.8. The molecule has 1 amide bonds. The van der Waals surface area contributed by atoms with Gasteiger partial charge in [-0.3, -0.25) is 9.89 Å². The number of hydrogen-bond donors (Lipinski definition) is 2. The van der Waals surface area contributed by atoms with E-state index in [1.807, 2.05) is 32.0 Å². The van der Waals surface area contributed by atoms with Crippen molar-refractivity contribution in [3.05, 3.63) is 46.1 Å². The van der Waals surface area contributed by atoms with Gasteiger partial charge in [0.15, 0.2) is 5.76 Å². The molecule has 0 bridgehead atoms. The van der Waals surface area contributed by atoms with Gasteiger partial charge in [0.05, 0.1) is 6.04 Å². The molecule has 21 heavy (non-hydrogen) atoms. The lowest BCUT2D eigenvalue weighted by Crippen LogP contribution is -2.27. The second-order valence-electron chi connectivity index (χ2n) is 4.76. The number of benzene rings is 1. The van der Waals surface area contributed by atoms with Crippen molar-refractivity contribution in [2.24, 2.45) is 0 Å². The third kappa shape index (κ3) is 2.56. The number of amides is 1. The van der Waals surface area contributed by atoms with Gasteiger partial charge in [-0.25, -0.2) is 4.98 Å². The molecule has 0 fully saturated rings. The number of rotatable bonds is 3. The summed E-state index contributed by atoms with van der Waals surface area (Å²) in [6.07, 6.45) is 1.40. The molecule has 0 saturated carbocycles. The highest BCUT2D eigenvalue weighted by atomic mass is 79.9. The number of aryl methyl sites for hydroxylation is 1. The van der Waals surface area contributed by atoms with Gasteiger partial charge in [0.2, 0.25) is 0 Å². The molecule has 0 aliphatic carbocycles. The Bertz CT molecular complexity index is 795. The molecule has 1 unspecified atom stereocenters. The number of hydrogen-bond acceptors (Lipinski definition) is 4. The Morgan fingerprint density at radius 1 is 1.48 bits per heavy atom. The van der Waals surface area contributed by atoms with Gasteiger partial charge in [-0.1, -0.05) is 15.9 Å². The van der Waals surface area contributed by atoms with Gasteiger partial charge in [-0.15, -0.1) is 0 Å². The van der Waals surface area contributed by atoms with E-state index in [1.165, 1.54) is 6.33 Å². The van der Waals surface area contributed by atoms with Crippen LogP contribution in [-0.4, -0.2) is 21.1 Å². The summed E-state index contributed by atoms with van der Waals surface area (Å²) in [6, 6.07) is 5.37. The number of H-pyrrole nitrogens is 1. The van der Waals surface area contributed by atoms with Crippen LogP contribution in [0.1, 0.15) is 34.9 Å². The molecule has 108 valence electrons. The average molecular weight is 349 g/mol. The molecule has 0 spiro atoms. The zero-order chi connectivity index (χ0) is 15.0. The molecule has 1 atom stereocenters. The maximum Gasteiger partial charge on any atom is 0.287 e. The monoisotopic (exact) mass is 348 g/mol. The molecule has 3 aromatic rings. The number of aromatic nitrogens is 3. The van der Waals surface area contributed by atoms with Gasteiger partial charge in [-0.2, -0.15) is 5.10 Å². The number of halogens is 1. The number of fused-ring (bicyclic) bond motifs is 1. The van der Waals surface area contributed by atoms with Crippen molar-refractivity contribution in [2.45, 2.75) is 19.9 Å². The van der Waals surface area contributed by atoms with Crippen LogP contribution in [0.5, 0.6) is 0 Å². The van der Waals surface area contributed by atoms with Gasteiger partial charge in [0.1, 0.15) is 17.7 Å². The van der Waals surface area contributed by atoms with Crippen LogP contribution < -0.4 is 5.32 Å². The SMILES string of the molecule is Cc1c(C(=O)NC(C)c2ncn[nH]2)oc2ccc(Br)cc12. The standard InChI is InChI=1S/C14H13BrN4O2/c1-7-10-5-9(15)3-4-11(10)21-12(7)14(20)18-8(2)13-16-6-17-19-13/h3-6,8H,1-2H3,(H,18,20)(H,16,17,19). The third-order valence-corrected chi connectivity index (χ3v) is 3.79. The van der Waals surface area contributed by atoms with E-state index in [9.17, 15) is 4.79 Å². The van der Waals surface area contributed by atoms with E-state index in [4.69, 9.17) is 4.42 Å². The summed E-state index contributed by atoms with van der Waals surface area (Å²) in [5.41, 5.74) is 1.50. The fourth-order valence-corrected chi connectivity index (χ4v) is 2.52. The first-order chi connectivity index (χ1) is 10.1. The smallest absolute Gasteiger partial charge is 0.287 e. The number of nitrogens with zero attached hydrogens (tertiary/aromatic N) is 2. The van der Waals surface area contributed by atoms with Crippen LogP contribution in [-0.2, 0) is 0 Å². The Labute approximate surface area is 129 Å². The first-order valence-electron chi connectivity index (χ1n) is 6.41. The van der Waals surface area contributed by atoms with Crippen LogP contribution in [0.3, 0.4) is 0 Å². The van der Waals surface area contributed by atoms with Gasteiger partial charge < -0.3 is 9.73 Å². The summed E-state index contributed by atoms with van der Waals surface area (Å²) >= 11 is 3.42. The van der Waals surface area contributed by atoms with Gasteiger partial charge in [0, 0.05) is 15.4 Å². The van der Waals surface area contributed by atoms with Crippen molar-refractivity contribution in [1.82, 2.24) is 20.5 Å². The zero-order valence-corrected chi connectivity index (χ0v) is 13.1. The van der Waals surface area contributed by atoms with Crippen molar-refractivity contribution < 1.29 is 9.21 Å². The minimum atomic E-state index is -0.278. The molecule has 0 radical (unpaired) electrons. The Kier molecular flexibility index (Phi) is 3.50. The predicted molar refractivity (Wildman–Crippen MR) is 80.9 cm³/mol. The zero-order valence-electron chi connectivity index (χ0n) is 11.5. The van der Waals surface area contributed by atoms with Crippen LogP contribution in [0.4, 0.5) is 0 Å². The lowest BCUT2D eigenvalue weighted by atomic mass is 10.1. The number of furan rings is 1. The Morgan fingerprint density at radius 2 is 2.29 bits per heavy atom. The molecular weight excluding hydrogens is 336 g/mol. The van der Waals surface area contributed by atoms with Crippen LogP contribution in [0, 0.1) is 6.92 Å². The second kappa shape index (κ2) is 5.33. The quantitative estimate of drug-likeness (QED) is 0.761. The van der Waals surface area contributed by atoms with Crippen LogP contribution >= 0.6 is 15.9 Å². The Hall–Kier alpha value is -2.15. The summed E-state index contributed by atoms with van der Waals surface area (Å²) in [5.74, 6) is 0.637. The summed E-state index contributed by atoms with van der Waals surface area (Å²) in [5, 5.41) is 10.3. The normalized spacial score (nSPS) is 12.5. The third-order valence-electron chi connectivity index (χ3n) is 3.30. The highest BCUT2D eigenvalue weighted by Crippen LogP contribution is 2.28. The average Bonchev–Trinajstić information content (AvgIpc) is 3.08. The Balaban J connectivity index is 1.89. The molecule has 3 rings (SSSR count). The van der Waals surface area contributed by atoms with Crippen molar-refractivity contribution in [3.63, 3.8) is 0 Å². The topological polar surface area (TPSA) is 83.8 Å². The highest BCUT2D eigenvalue weighted by molar-refractivity contribution is 9.10. The minimum Gasteiger partial charge on any atom is -0.451 e. The van der Waals surface area contributed by atoms with E-state index in [0.29, 0.717) is 17.2 Å². The second-order valence-corrected chi connectivity index (χ2v) is 5.68. The predicted octanol–water partition coefficient (Wildman–Crippen LogP) is 3.11. The van der Waals surface area contributed by atoms with Crippen molar-refractivity contribution in [2.75, 3.05) is 0 Å². The van der Waals surface area contributed by atoms with Crippen LogP contribution in [0.2, 0.25) is 0 Å². The molecule has 6 nitrogen and oxygen atoms in total. The van der Waals surface area contributed by atoms with Gasteiger partial charge in [-0.05, 0) is 32.0 Å². The maximum absolute atomic E-state index is 12.3. The molecular formula is C14H13BrN4O2. The number of aromatic amines is 1. The van der Waals surface area contributed by atoms with Crippen molar-refractivity contribution >= 4 is 32.8 Å². The van der Waals surface area contributed by atoms with E-state index >= 15 is 0 Å².